The average molecular weight is 274 g/mol. The summed E-state index contributed by atoms with van der Waals surface area (Å²) < 4.78 is 1.60. The Hall–Kier alpha value is -2.83. The van der Waals surface area contributed by atoms with Crippen molar-refractivity contribution in [2.75, 3.05) is 12.3 Å². The minimum atomic E-state index is -1.08. The lowest BCUT2D eigenvalue weighted by molar-refractivity contribution is 0.0690. The van der Waals surface area contributed by atoms with Gasteiger partial charge >= 0.3 is 5.97 Å². The number of hydrogen-bond donors (Lipinski definition) is 3. The molecule has 0 bridgehead atoms. The molecule has 0 fully saturated rings. The number of nitrogens with zero attached hydrogens (tertiary/aromatic N) is 2. The number of carbonyl (C=O) groups is 2. The SMILES string of the molecule is Nc1ccccc1C(=O)NCCn1cnc(C(=O)O)c1. The molecule has 0 aliphatic heterocycles. The van der Waals surface area contributed by atoms with Crippen molar-refractivity contribution in [1.82, 2.24) is 14.9 Å². The first-order valence-electron chi connectivity index (χ1n) is 5.95. The summed E-state index contributed by atoms with van der Waals surface area (Å²) in [6.45, 7) is 0.779. The molecule has 1 aromatic carbocycles. The Labute approximate surface area is 115 Å². The molecule has 20 heavy (non-hydrogen) atoms. The molecule has 0 aliphatic carbocycles. The van der Waals surface area contributed by atoms with Gasteiger partial charge in [-0.25, -0.2) is 9.78 Å². The van der Waals surface area contributed by atoms with E-state index in [1.54, 1.807) is 28.8 Å². The van der Waals surface area contributed by atoms with Crippen LogP contribution in [0.1, 0.15) is 20.8 Å². The second-order valence-corrected chi connectivity index (χ2v) is 4.15. The van der Waals surface area contributed by atoms with Crippen molar-refractivity contribution in [2.45, 2.75) is 6.54 Å². The third kappa shape index (κ3) is 3.14. The predicted octanol–water partition coefficient (Wildman–Crippen LogP) is 0.593. The molecule has 2 aromatic rings. The van der Waals surface area contributed by atoms with E-state index in [1.165, 1.54) is 12.5 Å². The molecular formula is C13H14N4O3. The summed E-state index contributed by atoms with van der Waals surface area (Å²) in [5.74, 6) is -1.34. The topological polar surface area (TPSA) is 110 Å². The van der Waals surface area contributed by atoms with Crippen molar-refractivity contribution < 1.29 is 14.7 Å². The second-order valence-electron chi connectivity index (χ2n) is 4.15. The van der Waals surface area contributed by atoms with E-state index in [4.69, 9.17) is 10.8 Å². The molecule has 4 N–H and O–H groups in total. The third-order valence-electron chi connectivity index (χ3n) is 2.71. The molecule has 0 unspecified atom stereocenters. The highest BCUT2D eigenvalue weighted by Gasteiger charge is 2.09. The smallest absolute Gasteiger partial charge is 0.356 e. The fraction of sp³-hybridized carbons (Fsp3) is 0.154. The van der Waals surface area contributed by atoms with Crippen LogP contribution in [0.4, 0.5) is 5.69 Å². The van der Waals surface area contributed by atoms with Crippen LogP contribution in [0.25, 0.3) is 0 Å². The van der Waals surface area contributed by atoms with Gasteiger partial charge in [-0.05, 0) is 12.1 Å². The van der Waals surface area contributed by atoms with Crippen molar-refractivity contribution in [1.29, 1.82) is 0 Å². The summed E-state index contributed by atoms with van der Waals surface area (Å²) in [7, 11) is 0. The van der Waals surface area contributed by atoms with Crippen molar-refractivity contribution in [3.05, 3.63) is 48.0 Å². The molecule has 0 aliphatic rings. The number of carboxylic acids is 1. The maximum absolute atomic E-state index is 11.9. The van der Waals surface area contributed by atoms with E-state index in [9.17, 15) is 9.59 Å². The zero-order valence-electron chi connectivity index (χ0n) is 10.6. The number of carboxylic acid groups (broad SMARTS) is 1. The van der Waals surface area contributed by atoms with Crippen LogP contribution in [-0.2, 0) is 6.54 Å². The summed E-state index contributed by atoms with van der Waals surface area (Å²) in [5, 5.41) is 11.4. The molecular weight excluding hydrogens is 260 g/mol. The van der Waals surface area contributed by atoms with Crippen LogP contribution < -0.4 is 11.1 Å². The van der Waals surface area contributed by atoms with Crippen molar-refractivity contribution in [3.8, 4) is 0 Å². The molecule has 0 atom stereocenters. The standard InChI is InChI=1S/C13H14N4O3/c14-10-4-2-1-3-9(10)12(18)15-5-6-17-7-11(13(19)20)16-8-17/h1-4,7-8H,5-6,14H2,(H,15,18)(H,19,20). The van der Waals surface area contributed by atoms with Crippen LogP contribution in [-0.4, -0.2) is 33.1 Å². The highest BCUT2D eigenvalue weighted by atomic mass is 16.4. The number of aromatic nitrogens is 2. The average Bonchev–Trinajstić information content (AvgIpc) is 2.88. The van der Waals surface area contributed by atoms with Crippen LogP contribution in [0.3, 0.4) is 0 Å². The van der Waals surface area contributed by atoms with Crippen LogP contribution in [0.15, 0.2) is 36.8 Å². The Morgan fingerprint density at radius 3 is 2.75 bits per heavy atom. The number of hydrogen-bond acceptors (Lipinski definition) is 4. The Morgan fingerprint density at radius 1 is 1.35 bits per heavy atom. The molecule has 0 saturated heterocycles. The molecule has 0 spiro atoms. The van der Waals surface area contributed by atoms with Crippen molar-refractivity contribution in [3.63, 3.8) is 0 Å². The predicted molar refractivity (Wildman–Crippen MR) is 72.4 cm³/mol. The Bertz CT molecular complexity index is 636. The number of carbonyl (C=O) groups excluding carboxylic acids is 1. The van der Waals surface area contributed by atoms with Gasteiger partial charge in [-0.15, -0.1) is 0 Å². The fourth-order valence-corrected chi connectivity index (χ4v) is 1.69. The lowest BCUT2D eigenvalue weighted by Gasteiger charge is -2.07. The van der Waals surface area contributed by atoms with Gasteiger partial charge in [0.25, 0.3) is 5.91 Å². The number of aromatic carboxylic acids is 1. The minimum absolute atomic E-state index is 0.0244. The van der Waals surface area contributed by atoms with E-state index in [1.807, 2.05) is 0 Å². The van der Waals surface area contributed by atoms with Gasteiger partial charge < -0.3 is 20.7 Å². The summed E-state index contributed by atoms with van der Waals surface area (Å²) >= 11 is 0. The van der Waals surface area contributed by atoms with Gasteiger partial charge in [0.05, 0.1) is 11.9 Å². The molecule has 0 saturated carbocycles. The number of imidazole rings is 1. The molecule has 2 rings (SSSR count). The Kier molecular flexibility index (Phi) is 3.99. The number of benzene rings is 1. The maximum atomic E-state index is 11.9. The number of para-hydroxylation sites is 1. The lowest BCUT2D eigenvalue weighted by Crippen LogP contribution is -2.27. The summed E-state index contributed by atoms with van der Waals surface area (Å²) in [6.07, 6.45) is 2.82. The number of nitrogens with one attached hydrogen (secondary N) is 1. The van der Waals surface area contributed by atoms with Gasteiger partial charge in [0, 0.05) is 25.0 Å². The van der Waals surface area contributed by atoms with Crippen LogP contribution in [0, 0.1) is 0 Å². The fourth-order valence-electron chi connectivity index (χ4n) is 1.69. The molecule has 0 radical (unpaired) electrons. The first kappa shape index (κ1) is 13.6. The van der Waals surface area contributed by atoms with E-state index >= 15 is 0 Å². The molecule has 1 amide bonds. The van der Waals surface area contributed by atoms with E-state index in [-0.39, 0.29) is 11.6 Å². The van der Waals surface area contributed by atoms with Crippen molar-refractivity contribution >= 4 is 17.6 Å². The highest BCUT2D eigenvalue weighted by molar-refractivity contribution is 5.99. The third-order valence-corrected chi connectivity index (χ3v) is 2.71. The van der Waals surface area contributed by atoms with Gasteiger partial charge in [0.15, 0.2) is 5.69 Å². The normalized spacial score (nSPS) is 10.2. The molecule has 104 valence electrons. The van der Waals surface area contributed by atoms with Crippen LogP contribution in [0.5, 0.6) is 0 Å². The van der Waals surface area contributed by atoms with Gasteiger partial charge in [-0.2, -0.15) is 0 Å². The largest absolute Gasteiger partial charge is 0.476 e. The summed E-state index contributed by atoms with van der Waals surface area (Å²) in [4.78, 5) is 26.2. The molecule has 7 heteroatoms. The van der Waals surface area contributed by atoms with Gasteiger partial charge in [-0.3, -0.25) is 4.79 Å². The quantitative estimate of drug-likeness (QED) is 0.691. The number of rotatable bonds is 5. The van der Waals surface area contributed by atoms with Gasteiger partial charge in [-0.1, -0.05) is 12.1 Å². The van der Waals surface area contributed by atoms with Crippen LogP contribution in [0.2, 0.25) is 0 Å². The highest BCUT2D eigenvalue weighted by Crippen LogP contribution is 2.09. The first-order chi connectivity index (χ1) is 9.58. The van der Waals surface area contributed by atoms with E-state index in [0.29, 0.717) is 24.3 Å². The van der Waals surface area contributed by atoms with Gasteiger partial charge in [0.1, 0.15) is 0 Å². The summed E-state index contributed by atoms with van der Waals surface area (Å²) in [5.41, 5.74) is 6.51. The molecule has 1 aromatic heterocycles. The minimum Gasteiger partial charge on any atom is -0.476 e. The maximum Gasteiger partial charge on any atom is 0.356 e. The van der Waals surface area contributed by atoms with E-state index in [2.05, 4.69) is 10.3 Å². The number of nitrogen functional groups attached to an aromatic ring is 1. The lowest BCUT2D eigenvalue weighted by atomic mass is 10.2. The van der Waals surface area contributed by atoms with E-state index < -0.39 is 5.97 Å². The summed E-state index contributed by atoms with van der Waals surface area (Å²) in [6, 6.07) is 6.79. The van der Waals surface area contributed by atoms with Crippen LogP contribution >= 0.6 is 0 Å². The first-order valence-corrected chi connectivity index (χ1v) is 5.95. The Morgan fingerprint density at radius 2 is 2.10 bits per heavy atom. The second kappa shape index (κ2) is 5.87. The molecule has 1 heterocycles. The van der Waals surface area contributed by atoms with Crippen molar-refractivity contribution in [2.24, 2.45) is 0 Å². The zero-order chi connectivity index (χ0) is 14.5. The van der Waals surface area contributed by atoms with Gasteiger partial charge in [0.2, 0.25) is 0 Å². The zero-order valence-corrected chi connectivity index (χ0v) is 10.6. The molecule has 7 nitrogen and oxygen atoms in total. The number of anilines is 1. The number of nitrogens with two attached hydrogens (primary N) is 1. The Balaban J connectivity index is 1.88. The van der Waals surface area contributed by atoms with E-state index in [0.717, 1.165) is 0 Å². The monoisotopic (exact) mass is 274 g/mol. The number of amides is 1.